The van der Waals surface area contributed by atoms with Crippen molar-refractivity contribution in [2.24, 2.45) is 0 Å². The van der Waals surface area contributed by atoms with E-state index in [-0.39, 0.29) is 17.6 Å². The van der Waals surface area contributed by atoms with Gasteiger partial charge in [-0.3, -0.25) is 4.79 Å². The van der Waals surface area contributed by atoms with Gasteiger partial charge in [0.15, 0.2) is 0 Å². The summed E-state index contributed by atoms with van der Waals surface area (Å²) in [7, 11) is 0. The molecule has 80 valence electrons. The van der Waals surface area contributed by atoms with Crippen LogP contribution < -0.4 is 10.6 Å². The molecule has 2 atom stereocenters. The molecule has 2 aliphatic rings. The molecule has 14 heavy (non-hydrogen) atoms. The fourth-order valence-electron chi connectivity index (χ4n) is 2.10. The molecular weight excluding hydrogens is 180 g/mol. The molecule has 0 bridgehead atoms. The molecule has 2 saturated heterocycles. The van der Waals surface area contributed by atoms with Crippen molar-refractivity contribution in [1.82, 2.24) is 10.6 Å². The fourth-order valence-corrected chi connectivity index (χ4v) is 2.10. The van der Waals surface area contributed by atoms with E-state index in [1.54, 1.807) is 0 Å². The molecule has 2 N–H and O–H groups in total. The van der Waals surface area contributed by atoms with Crippen LogP contribution in [0.3, 0.4) is 0 Å². The Kier molecular flexibility index (Phi) is 2.74. The van der Waals surface area contributed by atoms with Gasteiger partial charge < -0.3 is 15.4 Å². The summed E-state index contributed by atoms with van der Waals surface area (Å²) in [6.45, 7) is 4.55. The molecule has 4 nitrogen and oxygen atoms in total. The Morgan fingerprint density at radius 2 is 2.57 bits per heavy atom. The van der Waals surface area contributed by atoms with Gasteiger partial charge in [-0.15, -0.1) is 0 Å². The lowest BCUT2D eigenvalue weighted by atomic mass is 10.0. The van der Waals surface area contributed by atoms with E-state index in [1.165, 1.54) is 0 Å². The highest BCUT2D eigenvalue weighted by atomic mass is 16.5. The summed E-state index contributed by atoms with van der Waals surface area (Å²) < 4.78 is 5.64. The number of hydrogen-bond acceptors (Lipinski definition) is 3. The van der Waals surface area contributed by atoms with Gasteiger partial charge in [0.1, 0.15) is 0 Å². The van der Waals surface area contributed by atoms with Crippen LogP contribution in [0.4, 0.5) is 0 Å². The third-order valence-electron chi connectivity index (χ3n) is 3.07. The summed E-state index contributed by atoms with van der Waals surface area (Å²) in [4.78, 5) is 11.3. The highest BCUT2D eigenvalue weighted by Gasteiger charge is 2.32. The summed E-state index contributed by atoms with van der Waals surface area (Å²) in [6, 6.07) is -0.00368. The predicted octanol–water partition coefficient (Wildman–Crippen LogP) is 0.0336. The summed E-state index contributed by atoms with van der Waals surface area (Å²) in [5.74, 6) is 0.131. The van der Waals surface area contributed by atoms with Crippen molar-refractivity contribution >= 4 is 5.91 Å². The van der Waals surface area contributed by atoms with Crippen LogP contribution in [0.5, 0.6) is 0 Å². The number of ether oxygens (including phenoxy) is 1. The molecule has 1 amide bonds. The van der Waals surface area contributed by atoms with Crippen LogP contribution in [0.1, 0.15) is 26.2 Å². The molecule has 2 aliphatic heterocycles. The molecule has 0 aromatic carbocycles. The van der Waals surface area contributed by atoms with Gasteiger partial charge in [-0.1, -0.05) is 0 Å². The zero-order valence-electron chi connectivity index (χ0n) is 8.64. The number of nitrogens with one attached hydrogen (secondary N) is 2. The summed E-state index contributed by atoms with van der Waals surface area (Å²) in [5.41, 5.74) is -0.0527. The second-order valence-corrected chi connectivity index (χ2v) is 4.42. The minimum Gasteiger partial charge on any atom is -0.374 e. The zero-order valence-corrected chi connectivity index (χ0v) is 8.64. The van der Waals surface area contributed by atoms with Crippen LogP contribution in [0.25, 0.3) is 0 Å². The normalized spacial score (nSPS) is 37.5. The Morgan fingerprint density at radius 3 is 3.14 bits per heavy atom. The van der Waals surface area contributed by atoms with Crippen molar-refractivity contribution in [3.8, 4) is 0 Å². The smallest absolute Gasteiger partial charge is 0.237 e. The van der Waals surface area contributed by atoms with E-state index in [2.05, 4.69) is 17.6 Å². The first kappa shape index (κ1) is 9.93. The van der Waals surface area contributed by atoms with E-state index in [0.29, 0.717) is 0 Å². The fraction of sp³-hybridized carbons (Fsp3) is 0.900. The minimum atomic E-state index is -0.0527. The van der Waals surface area contributed by atoms with E-state index >= 15 is 0 Å². The molecule has 0 aromatic heterocycles. The van der Waals surface area contributed by atoms with Gasteiger partial charge in [-0.2, -0.15) is 0 Å². The molecule has 4 heteroatoms. The Hall–Kier alpha value is -0.610. The maximum atomic E-state index is 11.3. The molecule has 0 radical (unpaired) electrons. The lowest BCUT2D eigenvalue weighted by Gasteiger charge is -2.24. The molecular formula is C10H18N2O2. The number of carbonyl (C=O) groups is 1. The van der Waals surface area contributed by atoms with Crippen molar-refractivity contribution in [2.45, 2.75) is 37.8 Å². The van der Waals surface area contributed by atoms with Gasteiger partial charge in [-0.25, -0.2) is 0 Å². The summed E-state index contributed by atoms with van der Waals surface area (Å²) in [6.07, 6.45) is 3.12. The van der Waals surface area contributed by atoms with Gasteiger partial charge in [-0.05, 0) is 26.2 Å². The number of hydrogen-bond donors (Lipinski definition) is 2. The molecule has 2 heterocycles. The van der Waals surface area contributed by atoms with Crippen LogP contribution in [-0.2, 0) is 9.53 Å². The predicted molar refractivity (Wildman–Crippen MR) is 53.0 cm³/mol. The Morgan fingerprint density at radius 1 is 1.71 bits per heavy atom. The second kappa shape index (κ2) is 3.87. The molecule has 0 aromatic rings. The third kappa shape index (κ3) is 2.07. The van der Waals surface area contributed by atoms with Crippen molar-refractivity contribution < 1.29 is 9.53 Å². The van der Waals surface area contributed by atoms with Crippen LogP contribution in [0.15, 0.2) is 0 Å². The zero-order chi connectivity index (χ0) is 10.0. The van der Waals surface area contributed by atoms with E-state index in [1.807, 2.05) is 0 Å². The van der Waals surface area contributed by atoms with Crippen molar-refractivity contribution in [1.29, 1.82) is 0 Å². The first-order chi connectivity index (χ1) is 6.70. The maximum absolute atomic E-state index is 11.3. The van der Waals surface area contributed by atoms with Crippen molar-refractivity contribution in [2.75, 3.05) is 19.7 Å². The lowest BCUT2D eigenvalue weighted by Crippen LogP contribution is -2.45. The van der Waals surface area contributed by atoms with Gasteiger partial charge in [0.25, 0.3) is 0 Å². The highest BCUT2D eigenvalue weighted by molar-refractivity contribution is 5.83. The molecule has 0 saturated carbocycles. The van der Waals surface area contributed by atoms with Crippen LogP contribution in [0.2, 0.25) is 0 Å². The maximum Gasteiger partial charge on any atom is 0.237 e. The average Bonchev–Trinajstić information content (AvgIpc) is 2.73. The Balaban J connectivity index is 1.78. The van der Waals surface area contributed by atoms with Crippen molar-refractivity contribution in [3.05, 3.63) is 0 Å². The standard InChI is InChI=1S/C10H18N2O2/c1-10(4-2-6-14-10)7-12-8-3-5-11-9(8)13/h8,12H,2-7H2,1H3,(H,11,13). The summed E-state index contributed by atoms with van der Waals surface area (Å²) in [5, 5.41) is 6.09. The van der Waals surface area contributed by atoms with Crippen LogP contribution in [0, 0.1) is 0 Å². The highest BCUT2D eigenvalue weighted by Crippen LogP contribution is 2.24. The molecule has 2 unspecified atom stereocenters. The molecule has 2 fully saturated rings. The number of amides is 1. The molecule has 0 spiro atoms. The first-order valence-corrected chi connectivity index (χ1v) is 5.35. The largest absolute Gasteiger partial charge is 0.374 e. The molecule has 2 rings (SSSR count). The van der Waals surface area contributed by atoms with E-state index in [9.17, 15) is 4.79 Å². The topological polar surface area (TPSA) is 50.4 Å². The number of rotatable bonds is 3. The minimum absolute atomic E-state index is 0.00368. The van der Waals surface area contributed by atoms with Gasteiger partial charge in [0.2, 0.25) is 5.91 Å². The Bertz CT molecular complexity index is 224. The SMILES string of the molecule is CC1(CNC2CCNC2=O)CCCO1. The third-order valence-corrected chi connectivity index (χ3v) is 3.07. The first-order valence-electron chi connectivity index (χ1n) is 5.35. The average molecular weight is 198 g/mol. The van der Waals surface area contributed by atoms with Crippen molar-refractivity contribution in [3.63, 3.8) is 0 Å². The van der Waals surface area contributed by atoms with E-state index in [0.717, 1.165) is 39.0 Å². The quantitative estimate of drug-likeness (QED) is 0.673. The van der Waals surface area contributed by atoms with Crippen LogP contribution in [-0.4, -0.2) is 37.2 Å². The van der Waals surface area contributed by atoms with E-state index < -0.39 is 0 Å². The van der Waals surface area contributed by atoms with Gasteiger partial charge in [0, 0.05) is 19.7 Å². The lowest BCUT2D eigenvalue weighted by molar-refractivity contribution is -0.121. The summed E-state index contributed by atoms with van der Waals surface area (Å²) >= 11 is 0. The molecule has 0 aliphatic carbocycles. The Labute approximate surface area is 84.4 Å². The number of carbonyl (C=O) groups excluding carboxylic acids is 1. The van der Waals surface area contributed by atoms with E-state index in [4.69, 9.17) is 4.74 Å². The van der Waals surface area contributed by atoms with Crippen LogP contribution >= 0.6 is 0 Å². The monoisotopic (exact) mass is 198 g/mol. The van der Waals surface area contributed by atoms with Gasteiger partial charge in [0.05, 0.1) is 11.6 Å². The van der Waals surface area contributed by atoms with Gasteiger partial charge >= 0.3 is 0 Å². The second-order valence-electron chi connectivity index (χ2n) is 4.42.